The van der Waals surface area contributed by atoms with Gasteiger partial charge in [0.1, 0.15) is 17.8 Å². The summed E-state index contributed by atoms with van der Waals surface area (Å²) in [5.74, 6) is 1.81. The Bertz CT molecular complexity index is 1070. The number of rotatable bonds is 6. The Kier molecular flexibility index (Phi) is 5.34. The number of fused-ring (bicyclic) bond motifs is 1. The molecule has 10 heteroatoms. The van der Waals surface area contributed by atoms with Gasteiger partial charge in [0.15, 0.2) is 5.82 Å². The van der Waals surface area contributed by atoms with Crippen molar-refractivity contribution >= 4 is 5.69 Å². The van der Waals surface area contributed by atoms with Crippen LogP contribution in [0.1, 0.15) is 17.2 Å². The predicted octanol–water partition coefficient (Wildman–Crippen LogP) is 2.38. The number of aliphatic hydroxyl groups is 1. The number of aliphatic hydroxyl groups excluding tert-OH is 1. The van der Waals surface area contributed by atoms with Gasteiger partial charge in [-0.05, 0) is 24.3 Å². The minimum Gasteiger partial charge on any atom is -0.496 e. The number of hydrogen-bond donors (Lipinski definition) is 1. The Morgan fingerprint density at radius 3 is 2.53 bits per heavy atom. The molecule has 1 N–H and O–H groups in total. The summed E-state index contributed by atoms with van der Waals surface area (Å²) in [6.45, 7) is 1.37. The number of ether oxygens (including phenoxy) is 2. The number of nitro benzene ring substituents is 1. The number of nitro groups is 1. The maximum Gasteiger partial charge on any atom is 0.269 e. The van der Waals surface area contributed by atoms with Crippen molar-refractivity contribution < 1.29 is 19.5 Å². The van der Waals surface area contributed by atoms with Crippen molar-refractivity contribution in [3.05, 3.63) is 64.0 Å². The molecule has 0 spiro atoms. The van der Waals surface area contributed by atoms with Gasteiger partial charge in [-0.2, -0.15) is 0 Å². The van der Waals surface area contributed by atoms with E-state index in [2.05, 4.69) is 10.1 Å². The average molecular weight is 411 g/mol. The minimum absolute atomic E-state index is 0.0172. The van der Waals surface area contributed by atoms with Crippen LogP contribution >= 0.6 is 0 Å². The van der Waals surface area contributed by atoms with E-state index in [0.29, 0.717) is 42.6 Å². The molecule has 0 saturated heterocycles. The summed E-state index contributed by atoms with van der Waals surface area (Å²) < 4.78 is 12.5. The molecule has 0 bridgehead atoms. The fourth-order valence-electron chi connectivity index (χ4n) is 3.68. The number of hydrogen-bond acceptors (Lipinski definition) is 8. The van der Waals surface area contributed by atoms with Crippen LogP contribution in [0.25, 0.3) is 11.4 Å². The minimum atomic E-state index is -0.725. The molecule has 2 aromatic carbocycles. The molecule has 0 saturated carbocycles. The molecule has 30 heavy (non-hydrogen) atoms. The SMILES string of the molecule is COc1ccc(OC)c2c1CN(Cn1cnc(-c3ccc([N+](=O)[O-])cc3)n1)C[C@H]2O. The van der Waals surface area contributed by atoms with Crippen molar-refractivity contribution in [1.29, 1.82) is 0 Å². The first-order valence-electron chi connectivity index (χ1n) is 9.28. The van der Waals surface area contributed by atoms with E-state index in [-0.39, 0.29) is 5.69 Å². The van der Waals surface area contributed by atoms with Gasteiger partial charge < -0.3 is 14.6 Å². The van der Waals surface area contributed by atoms with Crippen molar-refractivity contribution in [2.24, 2.45) is 0 Å². The first-order valence-corrected chi connectivity index (χ1v) is 9.28. The van der Waals surface area contributed by atoms with Crippen LogP contribution in [0.15, 0.2) is 42.7 Å². The fourth-order valence-corrected chi connectivity index (χ4v) is 3.68. The normalized spacial score (nSPS) is 16.2. The molecular weight excluding hydrogens is 390 g/mol. The molecule has 0 fully saturated rings. The summed E-state index contributed by atoms with van der Waals surface area (Å²) >= 11 is 0. The highest BCUT2D eigenvalue weighted by molar-refractivity contribution is 5.56. The summed E-state index contributed by atoms with van der Waals surface area (Å²) in [5, 5.41) is 26.0. The van der Waals surface area contributed by atoms with Gasteiger partial charge in [0.2, 0.25) is 0 Å². The highest BCUT2D eigenvalue weighted by Crippen LogP contribution is 2.39. The van der Waals surface area contributed by atoms with Crippen LogP contribution in [0.2, 0.25) is 0 Å². The topological polar surface area (TPSA) is 116 Å². The third-order valence-electron chi connectivity index (χ3n) is 5.08. The Hall–Kier alpha value is -3.50. The molecule has 1 aromatic heterocycles. The molecule has 1 aliphatic heterocycles. The number of benzene rings is 2. The predicted molar refractivity (Wildman–Crippen MR) is 107 cm³/mol. The zero-order valence-corrected chi connectivity index (χ0v) is 16.6. The molecule has 156 valence electrons. The van der Waals surface area contributed by atoms with Gasteiger partial charge in [-0.1, -0.05) is 0 Å². The largest absolute Gasteiger partial charge is 0.496 e. The first-order chi connectivity index (χ1) is 14.5. The zero-order chi connectivity index (χ0) is 21.3. The maximum absolute atomic E-state index is 10.8. The number of nitrogens with zero attached hydrogens (tertiary/aromatic N) is 5. The monoisotopic (exact) mass is 411 g/mol. The molecule has 0 aliphatic carbocycles. The molecule has 4 rings (SSSR count). The van der Waals surface area contributed by atoms with E-state index < -0.39 is 11.0 Å². The van der Waals surface area contributed by atoms with E-state index in [4.69, 9.17) is 9.47 Å². The molecule has 0 unspecified atom stereocenters. The van der Waals surface area contributed by atoms with Crippen LogP contribution in [-0.2, 0) is 13.2 Å². The van der Waals surface area contributed by atoms with E-state index in [1.165, 1.54) is 12.1 Å². The molecule has 0 radical (unpaired) electrons. The molecule has 1 aliphatic rings. The van der Waals surface area contributed by atoms with Crippen molar-refractivity contribution in [3.8, 4) is 22.9 Å². The van der Waals surface area contributed by atoms with Gasteiger partial charge in [-0.25, -0.2) is 9.67 Å². The van der Waals surface area contributed by atoms with Gasteiger partial charge in [0.25, 0.3) is 5.69 Å². The number of β-amino-alcohol motifs (C(OH)–C–C–N with tert-alkyl or cyclic N) is 1. The quantitative estimate of drug-likeness (QED) is 0.485. The first kappa shape index (κ1) is 19.8. The standard InChI is InChI=1S/C20H21N5O5/c1-29-17-7-8-18(30-2)19-15(17)9-23(10-16(19)26)12-24-11-21-20(22-24)13-3-5-14(6-4-13)25(27)28/h3-8,11,16,26H,9-10,12H2,1-2H3/t16-/m1/s1. The summed E-state index contributed by atoms with van der Waals surface area (Å²) in [4.78, 5) is 16.7. The van der Waals surface area contributed by atoms with Crippen molar-refractivity contribution in [3.63, 3.8) is 0 Å². The summed E-state index contributed by atoms with van der Waals surface area (Å²) in [6.07, 6.45) is 0.873. The zero-order valence-electron chi connectivity index (χ0n) is 16.6. The van der Waals surface area contributed by atoms with Gasteiger partial charge >= 0.3 is 0 Å². The van der Waals surface area contributed by atoms with E-state index in [1.807, 2.05) is 11.0 Å². The highest BCUT2D eigenvalue weighted by atomic mass is 16.6. The van der Waals surface area contributed by atoms with Crippen molar-refractivity contribution in [1.82, 2.24) is 19.7 Å². The lowest BCUT2D eigenvalue weighted by Crippen LogP contribution is -2.35. The van der Waals surface area contributed by atoms with E-state index >= 15 is 0 Å². The van der Waals surface area contributed by atoms with Crippen molar-refractivity contribution in [2.45, 2.75) is 19.3 Å². The van der Waals surface area contributed by atoms with E-state index in [9.17, 15) is 15.2 Å². The van der Waals surface area contributed by atoms with Crippen LogP contribution in [-0.4, -0.2) is 50.5 Å². The highest BCUT2D eigenvalue weighted by Gasteiger charge is 2.29. The molecule has 1 atom stereocenters. The van der Waals surface area contributed by atoms with Gasteiger partial charge in [-0.3, -0.25) is 15.0 Å². The number of non-ortho nitro benzene ring substituents is 1. The molecule has 10 nitrogen and oxygen atoms in total. The van der Waals surface area contributed by atoms with E-state index in [1.54, 1.807) is 43.4 Å². The lowest BCUT2D eigenvalue weighted by molar-refractivity contribution is -0.384. The molecule has 0 amide bonds. The summed E-state index contributed by atoms with van der Waals surface area (Å²) in [7, 11) is 3.18. The summed E-state index contributed by atoms with van der Waals surface area (Å²) in [6, 6.07) is 9.72. The summed E-state index contributed by atoms with van der Waals surface area (Å²) in [5.41, 5.74) is 2.34. The van der Waals surface area contributed by atoms with Crippen LogP contribution in [0.4, 0.5) is 5.69 Å². The van der Waals surface area contributed by atoms with Crippen LogP contribution in [0.3, 0.4) is 0 Å². The smallest absolute Gasteiger partial charge is 0.269 e. The van der Waals surface area contributed by atoms with Crippen LogP contribution < -0.4 is 9.47 Å². The van der Waals surface area contributed by atoms with Gasteiger partial charge in [0.05, 0.1) is 31.9 Å². The Labute approximate surface area is 172 Å². The Balaban J connectivity index is 1.53. The Morgan fingerprint density at radius 2 is 1.87 bits per heavy atom. The maximum atomic E-state index is 10.8. The van der Waals surface area contributed by atoms with E-state index in [0.717, 1.165) is 11.1 Å². The average Bonchev–Trinajstić information content (AvgIpc) is 3.21. The van der Waals surface area contributed by atoms with Crippen LogP contribution in [0, 0.1) is 10.1 Å². The lowest BCUT2D eigenvalue weighted by atomic mass is 9.95. The fraction of sp³-hybridized carbons (Fsp3) is 0.300. The van der Waals surface area contributed by atoms with Crippen molar-refractivity contribution in [2.75, 3.05) is 20.8 Å². The second-order valence-electron chi connectivity index (χ2n) is 6.94. The van der Waals surface area contributed by atoms with Crippen LogP contribution in [0.5, 0.6) is 11.5 Å². The molecular formula is C20H21N5O5. The third-order valence-corrected chi connectivity index (χ3v) is 5.08. The second kappa shape index (κ2) is 8.09. The molecule has 3 aromatic rings. The Morgan fingerprint density at radius 1 is 1.17 bits per heavy atom. The number of aromatic nitrogens is 3. The number of methoxy groups -OCH3 is 2. The second-order valence-corrected chi connectivity index (χ2v) is 6.94. The van der Waals surface area contributed by atoms with Gasteiger partial charge in [-0.15, -0.1) is 5.10 Å². The molecule has 2 heterocycles. The van der Waals surface area contributed by atoms with Gasteiger partial charge in [0, 0.05) is 41.9 Å². The third kappa shape index (κ3) is 3.70. The lowest BCUT2D eigenvalue weighted by Gasteiger charge is -2.33.